The van der Waals surface area contributed by atoms with E-state index in [4.69, 9.17) is 0 Å². The zero-order chi connectivity index (χ0) is 26.0. The van der Waals surface area contributed by atoms with Crippen molar-refractivity contribution < 1.29 is 18.0 Å². The van der Waals surface area contributed by atoms with Crippen molar-refractivity contribution in [3.63, 3.8) is 0 Å². The summed E-state index contributed by atoms with van der Waals surface area (Å²) in [4.78, 5) is 16.9. The topological polar surface area (TPSA) is 102 Å². The molecule has 2 heterocycles. The van der Waals surface area contributed by atoms with Crippen LogP contribution in [0.4, 0.5) is 13.2 Å². The first-order chi connectivity index (χ1) is 17.8. The number of halogens is 3. The Labute approximate surface area is 212 Å². The molecule has 0 aliphatic carbocycles. The highest BCUT2D eigenvalue weighted by atomic mass is 32.1. The minimum absolute atomic E-state index is 0.214. The summed E-state index contributed by atoms with van der Waals surface area (Å²) in [6.45, 7) is 2.02. The summed E-state index contributed by atoms with van der Waals surface area (Å²) in [6.07, 6.45) is -4.66. The number of alkyl halides is 3. The summed E-state index contributed by atoms with van der Waals surface area (Å²) in [5.41, 5.74) is 2.04. The van der Waals surface area contributed by atoms with Gasteiger partial charge in [0.1, 0.15) is 5.01 Å². The van der Waals surface area contributed by atoms with Gasteiger partial charge >= 0.3 is 6.18 Å². The lowest BCUT2D eigenvalue weighted by molar-refractivity contribution is -0.137. The fraction of sp³-hybridized carbons (Fsp3) is 0.120. The molecule has 0 aliphatic rings. The Bertz CT molecular complexity index is 1620. The number of hydrogen-bond acceptors (Lipinski definition) is 6. The summed E-state index contributed by atoms with van der Waals surface area (Å²) < 4.78 is 41.6. The molecule has 1 N–H and O–H groups in total. The number of aromatic nitrogens is 6. The van der Waals surface area contributed by atoms with Crippen LogP contribution in [0.2, 0.25) is 0 Å². The minimum atomic E-state index is -4.66. The number of H-pyrrole nitrogens is 1. The van der Waals surface area contributed by atoms with E-state index in [0.29, 0.717) is 10.8 Å². The first kappa shape index (κ1) is 24.3. The van der Waals surface area contributed by atoms with Gasteiger partial charge in [-0.15, -0.1) is 10.2 Å². The first-order valence-electron chi connectivity index (χ1n) is 11.0. The Balaban J connectivity index is 1.43. The molecule has 186 valence electrons. The van der Waals surface area contributed by atoms with E-state index in [-0.39, 0.29) is 11.3 Å². The molecule has 0 atom stereocenters. The zero-order valence-electron chi connectivity index (χ0n) is 19.3. The average molecular weight is 522 g/mol. The third-order valence-corrected chi connectivity index (χ3v) is 6.35. The number of carbonyl (C=O) groups is 1. The van der Waals surface area contributed by atoms with Crippen molar-refractivity contribution in [1.29, 1.82) is 0 Å². The van der Waals surface area contributed by atoms with Gasteiger partial charge < -0.3 is 0 Å². The van der Waals surface area contributed by atoms with E-state index in [0.717, 1.165) is 45.7 Å². The second-order valence-electron chi connectivity index (χ2n) is 8.00. The number of amides is 1. The van der Waals surface area contributed by atoms with Gasteiger partial charge in [-0.05, 0) is 41.0 Å². The van der Waals surface area contributed by atoms with Crippen molar-refractivity contribution in [3.05, 3.63) is 99.3 Å². The van der Waals surface area contributed by atoms with Crippen LogP contribution in [-0.4, -0.2) is 36.3 Å². The number of tetrazole rings is 1. The molecule has 0 fully saturated rings. The third-order valence-electron chi connectivity index (χ3n) is 5.49. The van der Waals surface area contributed by atoms with Crippen LogP contribution in [0.1, 0.15) is 26.5 Å². The predicted octanol–water partition coefficient (Wildman–Crippen LogP) is 4.91. The van der Waals surface area contributed by atoms with Gasteiger partial charge in [0.25, 0.3) is 5.91 Å². The van der Waals surface area contributed by atoms with Crippen LogP contribution in [0.25, 0.3) is 22.5 Å². The van der Waals surface area contributed by atoms with Gasteiger partial charge in [-0.25, -0.2) is 4.68 Å². The first-order valence-corrected chi connectivity index (χ1v) is 11.8. The number of aromatic amines is 1. The maximum absolute atomic E-state index is 13.4. The second kappa shape index (κ2) is 9.90. The Morgan fingerprint density at radius 3 is 2.41 bits per heavy atom. The van der Waals surface area contributed by atoms with Crippen LogP contribution >= 0.6 is 11.3 Å². The number of nitrogens with zero attached hydrogens (tertiary/aromatic N) is 6. The molecular weight excluding hydrogens is 503 g/mol. The van der Waals surface area contributed by atoms with Gasteiger partial charge in [0, 0.05) is 5.56 Å². The summed E-state index contributed by atoms with van der Waals surface area (Å²) in [6, 6.07) is 20.0. The number of benzene rings is 3. The lowest BCUT2D eigenvalue weighted by Crippen LogP contribution is -2.20. The molecule has 0 spiro atoms. The maximum atomic E-state index is 13.4. The van der Waals surface area contributed by atoms with Gasteiger partial charge in [0.05, 0.1) is 17.7 Å². The standard InChI is InChI=1S/C25H18F3N7OS/c1-15-32-35(24(37-15)29-23(36)20-8-4-5-9-21(20)25(26,27)28)14-16-10-12-17(13-11-16)18-6-2-3-7-19(18)22-30-33-34-31-22/h2-13H,14H2,1H3,(H,30,31,33,34). The van der Waals surface area contributed by atoms with Crippen LogP contribution in [0.3, 0.4) is 0 Å². The number of aryl methyl sites for hydroxylation is 1. The number of carbonyl (C=O) groups excluding carboxylic acids is 1. The van der Waals surface area contributed by atoms with Crippen LogP contribution in [0.15, 0.2) is 77.8 Å². The van der Waals surface area contributed by atoms with Gasteiger partial charge in [-0.1, -0.05) is 72.0 Å². The molecule has 0 unspecified atom stereocenters. The summed E-state index contributed by atoms with van der Waals surface area (Å²) >= 11 is 1.13. The molecule has 5 rings (SSSR count). The van der Waals surface area contributed by atoms with Gasteiger partial charge in [-0.2, -0.15) is 28.5 Å². The van der Waals surface area contributed by atoms with Crippen molar-refractivity contribution in [3.8, 4) is 22.5 Å². The maximum Gasteiger partial charge on any atom is 0.417 e. The van der Waals surface area contributed by atoms with Crippen LogP contribution < -0.4 is 4.80 Å². The fourth-order valence-corrected chi connectivity index (χ4v) is 4.58. The van der Waals surface area contributed by atoms with Crippen LogP contribution in [0, 0.1) is 6.92 Å². The number of nitrogens with one attached hydrogen (secondary N) is 1. The normalized spacial score (nSPS) is 12.2. The van der Waals surface area contributed by atoms with Crippen LogP contribution in [0.5, 0.6) is 0 Å². The molecule has 3 aromatic carbocycles. The summed E-state index contributed by atoms with van der Waals surface area (Å²) in [5, 5.41) is 19.2. The molecule has 8 nitrogen and oxygen atoms in total. The Kier molecular flexibility index (Phi) is 6.49. The number of hydrogen-bond donors (Lipinski definition) is 1. The van der Waals surface area contributed by atoms with Gasteiger partial charge in [0.2, 0.25) is 10.6 Å². The Hall–Kier alpha value is -4.45. The highest BCUT2D eigenvalue weighted by Crippen LogP contribution is 2.32. The van der Waals surface area contributed by atoms with Crippen molar-refractivity contribution in [2.75, 3.05) is 0 Å². The molecule has 5 aromatic rings. The summed E-state index contributed by atoms with van der Waals surface area (Å²) in [7, 11) is 0. The third kappa shape index (κ3) is 5.23. The number of rotatable bonds is 5. The van der Waals surface area contributed by atoms with Crippen molar-refractivity contribution in [2.45, 2.75) is 19.6 Å². The molecule has 1 amide bonds. The molecule has 0 saturated heterocycles. The minimum Gasteiger partial charge on any atom is -0.267 e. The van der Waals surface area contributed by atoms with Gasteiger partial charge in [0.15, 0.2) is 0 Å². The predicted molar refractivity (Wildman–Crippen MR) is 130 cm³/mol. The second-order valence-corrected chi connectivity index (χ2v) is 9.16. The molecule has 12 heteroatoms. The quantitative estimate of drug-likeness (QED) is 0.354. The Morgan fingerprint density at radius 1 is 1.00 bits per heavy atom. The monoisotopic (exact) mass is 521 g/mol. The van der Waals surface area contributed by atoms with Crippen molar-refractivity contribution in [2.24, 2.45) is 4.99 Å². The SMILES string of the molecule is Cc1nn(Cc2ccc(-c3ccccc3-c3nn[nH]n3)cc2)c(=NC(=O)c2ccccc2C(F)(F)F)s1. The van der Waals surface area contributed by atoms with Crippen LogP contribution in [-0.2, 0) is 12.7 Å². The molecule has 0 saturated carbocycles. The lowest BCUT2D eigenvalue weighted by Gasteiger charge is -2.10. The molecular formula is C25H18F3N7OS. The fourth-order valence-electron chi connectivity index (χ4n) is 3.83. The lowest BCUT2D eigenvalue weighted by atomic mass is 9.98. The highest BCUT2D eigenvalue weighted by Gasteiger charge is 2.34. The van der Waals surface area contributed by atoms with Crippen molar-refractivity contribution >= 4 is 17.2 Å². The van der Waals surface area contributed by atoms with E-state index in [1.165, 1.54) is 16.8 Å². The van der Waals surface area contributed by atoms with E-state index >= 15 is 0 Å². The zero-order valence-corrected chi connectivity index (χ0v) is 20.1. The van der Waals surface area contributed by atoms with E-state index in [2.05, 4.69) is 30.7 Å². The molecule has 37 heavy (non-hydrogen) atoms. The van der Waals surface area contributed by atoms with Crippen molar-refractivity contribution in [1.82, 2.24) is 30.4 Å². The van der Waals surface area contributed by atoms with E-state index in [1.54, 1.807) is 6.92 Å². The molecule has 0 bridgehead atoms. The Morgan fingerprint density at radius 2 is 1.70 bits per heavy atom. The van der Waals surface area contributed by atoms with Gasteiger partial charge in [-0.3, -0.25) is 4.79 Å². The summed E-state index contributed by atoms with van der Waals surface area (Å²) in [5.74, 6) is -0.491. The van der Waals surface area contributed by atoms with E-state index in [9.17, 15) is 18.0 Å². The highest BCUT2D eigenvalue weighted by molar-refractivity contribution is 7.08. The van der Waals surface area contributed by atoms with E-state index < -0.39 is 23.2 Å². The smallest absolute Gasteiger partial charge is 0.267 e. The largest absolute Gasteiger partial charge is 0.417 e. The molecule has 0 radical (unpaired) electrons. The average Bonchev–Trinajstić information content (AvgIpc) is 3.54. The molecule has 0 aliphatic heterocycles. The van der Waals surface area contributed by atoms with E-state index in [1.807, 2.05) is 48.5 Å². The molecule has 2 aromatic heterocycles.